The maximum absolute atomic E-state index is 12.8. The SMILES string of the molecule is O=C(C1CC1)N1CCN(c2ncc(-c3cc4c(OS(=O)(=O)C(F)(F)F)cccc4c(=O)[nH]3)cn2)CC1. The predicted molar refractivity (Wildman–Crippen MR) is 123 cm³/mol. The summed E-state index contributed by atoms with van der Waals surface area (Å²) < 4.78 is 65.7. The van der Waals surface area contributed by atoms with Crippen LogP contribution in [0.2, 0.25) is 0 Å². The summed E-state index contributed by atoms with van der Waals surface area (Å²) in [7, 11) is -5.93. The van der Waals surface area contributed by atoms with Crippen LogP contribution < -0.4 is 14.6 Å². The second-order valence-corrected chi connectivity index (χ2v) is 10.1. The maximum atomic E-state index is 12.8. The molecule has 1 aromatic carbocycles. The van der Waals surface area contributed by atoms with Crippen LogP contribution in [0.5, 0.6) is 5.75 Å². The third-order valence-corrected chi connectivity index (χ3v) is 7.05. The average Bonchev–Trinajstić information content (AvgIpc) is 3.69. The van der Waals surface area contributed by atoms with Crippen molar-refractivity contribution in [2.75, 3.05) is 31.1 Å². The first-order chi connectivity index (χ1) is 17.0. The molecule has 1 aliphatic heterocycles. The lowest BCUT2D eigenvalue weighted by atomic mass is 10.1. The van der Waals surface area contributed by atoms with E-state index in [0.717, 1.165) is 18.9 Å². The average molecular weight is 523 g/mol. The maximum Gasteiger partial charge on any atom is 0.534 e. The van der Waals surface area contributed by atoms with Gasteiger partial charge < -0.3 is 19.0 Å². The van der Waals surface area contributed by atoms with Gasteiger partial charge in [-0.15, -0.1) is 0 Å². The van der Waals surface area contributed by atoms with Crippen molar-refractivity contribution in [1.82, 2.24) is 19.9 Å². The molecule has 1 amide bonds. The molecule has 0 unspecified atom stereocenters. The molecule has 14 heteroatoms. The number of amides is 1. The summed E-state index contributed by atoms with van der Waals surface area (Å²) in [5.41, 5.74) is -5.76. The highest BCUT2D eigenvalue weighted by molar-refractivity contribution is 7.88. The number of fused-ring (bicyclic) bond motifs is 1. The van der Waals surface area contributed by atoms with E-state index in [-0.39, 0.29) is 28.3 Å². The zero-order valence-corrected chi connectivity index (χ0v) is 19.5. The van der Waals surface area contributed by atoms with Crippen LogP contribution in [0.25, 0.3) is 22.0 Å². The van der Waals surface area contributed by atoms with Gasteiger partial charge in [-0.1, -0.05) is 6.07 Å². The van der Waals surface area contributed by atoms with Crippen LogP contribution in [0.4, 0.5) is 19.1 Å². The van der Waals surface area contributed by atoms with Crippen LogP contribution in [0.15, 0.2) is 41.5 Å². The Kier molecular flexibility index (Phi) is 5.85. The van der Waals surface area contributed by atoms with Gasteiger partial charge in [0.1, 0.15) is 0 Å². The van der Waals surface area contributed by atoms with E-state index in [2.05, 4.69) is 19.1 Å². The van der Waals surface area contributed by atoms with Gasteiger partial charge in [0.15, 0.2) is 5.75 Å². The van der Waals surface area contributed by atoms with Gasteiger partial charge in [0.2, 0.25) is 11.9 Å². The molecule has 0 spiro atoms. The van der Waals surface area contributed by atoms with Crippen molar-refractivity contribution in [1.29, 1.82) is 0 Å². The number of rotatable bonds is 5. The molecule has 2 aromatic heterocycles. The molecule has 3 aromatic rings. The van der Waals surface area contributed by atoms with Gasteiger partial charge in [-0.05, 0) is 31.0 Å². The molecule has 0 bridgehead atoms. The lowest BCUT2D eigenvalue weighted by molar-refractivity contribution is -0.132. The number of aromatic nitrogens is 3. The van der Waals surface area contributed by atoms with E-state index in [1.54, 1.807) is 0 Å². The van der Waals surface area contributed by atoms with E-state index in [1.165, 1.54) is 30.6 Å². The summed E-state index contributed by atoms with van der Waals surface area (Å²) in [6, 6.07) is 4.88. The molecule has 2 fully saturated rings. The first-order valence-corrected chi connectivity index (χ1v) is 12.5. The number of nitrogens with one attached hydrogen (secondary N) is 1. The van der Waals surface area contributed by atoms with Crippen molar-refractivity contribution in [2.24, 2.45) is 5.92 Å². The molecule has 1 aliphatic carbocycles. The lowest BCUT2D eigenvalue weighted by Gasteiger charge is -2.34. The summed E-state index contributed by atoms with van der Waals surface area (Å²) in [6.45, 7) is 2.28. The fraction of sp³-hybridized carbons (Fsp3) is 0.364. The quantitative estimate of drug-likeness (QED) is 0.399. The highest BCUT2D eigenvalue weighted by Gasteiger charge is 2.48. The first-order valence-electron chi connectivity index (χ1n) is 11.1. The van der Waals surface area contributed by atoms with Gasteiger partial charge >= 0.3 is 15.6 Å². The molecule has 0 radical (unpaired) electrons. The minimum Gasteiger partial charge on any atom is -0.375 e. The highest BCUT2D eigenvalue weighted by Crippen LogP contribution is 2.33. The second-order valence-electron chi connectivity index (χ2n) is 8.57. The van der Waals surface area contributed by atoms with Crippen molar-refractivity contribution in [3.63, 3.8) is 0 Å². The van der Waals surface area contributed by atoms with Crippen LogP contribution in [0, 0.1) is 5.92 Å². The summed E-state index contributed by atoms with van der Waals surface area (Å²) >= 11 is 0. The number of hydrogen-bond donors (Lipinski definition) is 1. The molecule has 190 valence electrons. The molecule has 36 heavy (non-hydrogen) atoms. The van der Waals surface area contributed by atoms with Crippen molar-refractivity contribution in [2.45, 2.75) is 18.3 Å². The number of H-pyrrole nitrogens is 1. The zero-order valence-electron chi connectivity index (χ0n) is 18.7. The number of alkyl halides is 3. The number of carbonyl (C=O) groups excluding carboxylic acids is 1. The fourth-order valence-electron chi connectivity index (χ4n) is 3.99. The molecule has 10 nitrogen and oxygen atoms in total. The molecule has 5 rings (SSSR count). The number of benzene rings is 1. The Morgan fingerprint density at radius 2 is 1.72 bits per heavy atom. The van der Waals surface area contributed by atoms with Gasteiger partial charge in [0.25, 0.3) is 5.56 Å². The van der Waals surface area contributed by atoms with Crippen molar-refractivity contribution >= 4 is 32.7 Å². The van der Waals surface area contributed by atoms with Crippen molar-refractivity contribution in [3.8, 4) is 17.0 Å². The molecule has 1 N–H and O–H groups in total. The van der Waals surface area contributed by atoms with Crippen LogP contribution in [-0.4, -0.2) is 65.9 Å². The number of piperazine rings is 1. The molecule has 0 atom stereocenters. The number of hydrogen-bond acceptors (Lipinski definition) is 8. The predicted octanol–water partition coefficient (Wildman–Crippen LogP) is 2.27. The van der Waals surface area contributed by atoms with Crippen LogP contribution in [0.3, 0.4) is 0 Å². The van der Waals surface area contributed by atoms with E-state index in [1.807, 2.05) is 9.80 Å². The number of anilines is 1. The minimum absolute atomic E-state index is 0.0511. The summed E-state index contributed by atoms with van der Waals surface area (Å²) in [5, 5.41) is -0.172. The Bertz CT molecular complexity index is 1480. The van der Waals surface area contributed by atoms with Crippen LogP contribution in [-0.2, 0) is 14.9 Å². The summed E-state index contributed by atoms with van der Waals surface area (Å²) in [6.07, 6.45) is 4.78. The monoisotopic (exact) mass is 523 g/mol. The van der Waals surface area contributed by atoms with Gasteiger partial charge in [0, 0.05) is 55.4 Å². The van der Waals surface area contributed by atoms with Gasteiger partial charge in [-0.2, -0.15) is 21.6 Å². The second kappa shape index (κ2) is 8.76. The largest absolute Gasteiger partial charge is 0.534 e. The van der Waals surface area contributed by atoms with Gasteiger partial charge in [-0.25, -0.2) is 9.97 Å². The Morgan fingerprint density at radius 3 is 2.33 bits per heavy atom. The van der Waals surface area contributed by atoms with E-state index in [9.17, 15) is 31.2 Å². The van der Waals surface area contributed by atoms with E-state index in [4.69, 9.17) is 0 Å². The Hall–Kier alpha value is -3.68. The van der Waals surface area contributed by atoms with Crippen molar-refractivity contribution < 1.29 is 30.6 Å². The lowest BCUT2D eigenvalue weighted by Crippen LogP contribution is -2.49. The zero-order chi connectivity index (χ0) is 25.7. The topological polar surface area (TPSA) is 126 Å². The van der Waals surface area contributed by atoms with Crippen LogP contribution in [0.1, 0.15) is 12.8 Å². The highest BCUT2D eigenvalue weighted by atomic mass is 32.2. The third-order valence-electron chi connectivity index (χ3n) is 6.08. The number of carbonyl (C=O) groups is 1. The molecule has 2 aliphatic rings. The minimum atomic E-state index is -5.93. The Balaban J connectivity index is 1.39. The number of pyridine rings is 1. The molecule has 3 heterocycles. The van der Waals surface area contributed by atoms with Gasteiger partial charge in [-0.3, -0.25) is 9.59 Å². The summed E-state index contributed by atoms with van der Waals surface area (Å²) in [4.78, 5) is 39.8. The number of halogens is 3. The Morgan fingerprint density at radius 1 is 1.06 bits per heavy atom. The third kappa shape index (κ3) is 4.59. The smallest absolute Gasteiger partial charge is 0.375 e. The number of aromatic amines is 1. The molecule has 1 saturated carbocycles. The standard InChI is InChI=1S/C22H20F3N5O5S/c23-22(24,25)36(33,34)35-18-3-1-2-15-16(18)10-17(28-19(15)31)14-11-26-21(27-12-14)30-8-6-29(7-9-30)20(32)13-4-5-13/h1-3,10-13H,4-9H2,(H,28,31). The Labute approximate surface area is 202 Å². The normalized spacial score (nSPS) is 16.9. The van der Waals surface area contributed by atoms with E-state index >= 15 is 0 Å². The van der Waals surface area contributed by atoms with Crippen molar-refractivity contribution in [3.05, 3.63) is 47.0 Å². The molecular formula is C22H20F3N5O5S. The first kappa shape index (κ1) is 24.0. The van der Waals surface area contributed by atoms with E-state index in [0.29, 0.717) is 37.7 Å². The summed E-state index contributed by atoms with van der Waals surface area (Å²) in [5.74, 6) is 0.155. The number of nitrogens with zero attached hydrogens (tertiary/aromatic N) is 4. The molecule has 1 saturated heterocycles. The molecular weight excluding hydrogens is 503 g/mol. The van der Waals surface area contributed by atoms with Crippen LogP contribution >= 0.6 is 0 Å². The fourth-order valence-corrected chi connectivity index (χ4v) is 4.47. The van der Waals surface area contributed by atoms with E-state index < -0.39 is 26.9 Å². The van der Waals surface area contributed by atoms with Gasteiger partial charge in [0.05, 0.1) is 11.1 Å².